The molecule has 0 aromatic heterocycles. The molecule has 3 aromatic carbocycles. The number of guanidine groups is 1. The third kappa shape index (κ3) is 5.55. The first-order valence-corrected chi connectivity index (χ1v) is 12.2. The molecule has 1 aliphatic carbocycles. The van der Waals surface area contributed by atoms with Crippen molar-refractivity contribution in [2.45, 2.75) is 6.54 Å². The molecule has 10 heteroatoms. The molecule has 0 unspecified atom stereocenters. The lowest BCUT2D eigenvalue weighted by atomic mass is 9.90. The topological polar surface area (TPSA) is 156 Å². The number of aromatic carboxylic acids is 1. The maximum Gasteiger partial charge on any atom is 0.336 e. The zero-order valence-electron chi connectivity index (χ0n) is 20.5. The second-order valence-electron chi connectivity index (χ2n) is 8.71. The van der Waals surface area contributed by atoms with Gasteiger partial charge in [0.15, 0.2) is 16.5 Å². The largest absolute Gasteiger partial charge is 0.478 e. The fourth-order valence-corrected chi connectivity index (χ4v) is 4.53. The molecule has 0 atom stereocenters. The van der Waals surface area contributed by atoms with Crippen molar-refractivity contribution in [3.63, 3.8) is 0 Å². The van der Waals surface area contributed by atoms with Crippen LogP contribution in [0.3, 0.4) is 0 Å². The number of thiocarbonyl (C=S) groups is 1. The van der Waals surface area contributed by atoms with Gasteiger partial charge in [-0.3, -0.25) is 4.79 Å². The van der Waals surface area contributed by atoms with Gasteiger partial charge in [0.25, 0.3) is 0 Å². The van der Waals surface area contributed by atoms with Crippen LogP contribution in [0.15, 0.2) is 99.1 Å². The third-order valence-electron chi connectivity index (χ3n) is 6.03. The smallest absolute Gasteiger partial charge is 0.336 e. The number of rotatable bonds is 6. The number of fused-ring (bicyclic) bond motifs is 2. The lowest BCUT2D eigenvalue weighted by Gasteiger charge is -2.18. The van der Waals surface area contributed by atoms with Crippen LogP contribution in [0.1, 0.15) is 15.9 Å². The summed E-state index contributed by atoms with van der Waals surface area (Å²) in [5, 5.41) is 17.3. The number of nitrogens with zero attached hydrogens (tertiary/aromatic N) is 1. The number of nitrogens with two attached hydrogens (primary N) is 2. The van der Waals surface area contributed by atoms with Gasteiger partial charge in [0, 0.05) is 34.0 Å². The normalized spacial score (nSPS) is 10.8. The van der Waals surface area contributed by atoms with Gasteiger partial charge >= 0.3 is 5.97 Å². The molecule has 0 saturated carbocycles. The fraction of sp³-hybridized carbons (Fsp3) is 0.0345. The molecule has 0 bridgehead atoms. The molecule has 7 N–H and O–H groups in total. The van der Waals surface area contributed by atoms with Crippen LogP contribution in [0.5, 0.6) is 0 Å². The van der Waals surface area contributed by atoms with Gasteiger partial charge in [-0.15, -0.1) is 0 Å². The second-order valence-corrected chi connectivity index (χ2v) is 9.12. The van der Waals surface area contributed by atoms with Crippen LogP contribution in [0.25, 0.3) is 33.4 Å². The number of aliphatic imine (C=N–C) groups is 1. The van der Waals surface area contributed by atoms with Crippen LogP contribution in [0.4, 0.5) is 11.4 Å². The molecule has 39 heavy (non-hydrogen) atoms. The van der Waals surface area contributed by atoms with Crippen LogP contribution >= 0.6 is 12.2 Å². The van der Waals surface area contributed by atoms with Crippen LogP contribution in [0.2, 0.25) is 0 Å². The average molecular weight is 538 g/mol. The van der Waals surface area contributed by atoms with E-state index in [-0.39, 0.29) is 22.1 Å². The standard InChI is InChI=1S/C29H23N5O4S/c30-28(31)32-15-16-5-7-17(8-6-16)33-29(39)34-18-9-11-20(23(13-18)27(36)37)26-21-3-1-2-4-24(21)38-25-14-19(35)10-12-22(25)26/h1-14H,15H2,(H,36,37)(H4,30,31,32)(H2,33,34,39). The number of carboxylic acid groups (broad SMARTS) is 1. The van der Waals surface area contributed by atoms with Gasteiger partial charge in [-0.05, 0) is 65.8 Å². The molecule has 1 heterocycles. The fourth-order valence-electron chi connectivity index (χ4n) is 4.30. The Balaban J connectivity index is 1.46. The summed E-state index contributed by atoms with van der Waals surface area (Å²) < 4.78 is 5.95. The molecule has 194 valence electrons. The van der Waals surface area contributed by atoms with Crippen LogP contribution in [-0.2, 0) is 6.54 Å². The summed E-state index contributed by atoms with van der Waals surface area (Å²) >= 11 is 5.44. The monoisotopic (exact) mass is 537 g/mol. The highest BCUT2D eigenvalue weighted by atomic mass is 32.1. The molecule has 0 saturated heterocycles. The molecular weight excluding hydrogens is 514 g/mol. The van der Waals surface area contributed by atoms with Crippen LogP contribution in [-0.4, -0.2) is 22.1 Å². The minimum absolute atomic E-state index is 0.0227. The molecule has 1 aliphatic heterocycles. The van der Waals surface area contributed by atoms with Gasteiger partial charge < -0.3 is 31.6 Å². The molecule has 9 nitrogen and oxygen atoms in total. The van der Waals surface area contributed by atoms with Crippen molar-refractivity contribution >= 4 is 51.6 Å². The minimum Gasteiger partial charge on any atom is -0.478 e. The van der Waals surface area contributed by atoms with Crippen molar-refractivity contribution in [2.75, 3.05) is 10.6 Å². The number of para-hydroxylation sites is 1. The van der Waals surface area contributed by atoms with E-state index in [4.69, 9.17) is 28.1 Å². The van der Waals surface area contributed by atoms with E-state index in [1.807, 2.05) is 42.5 Å². The van der Waals surface area contributed by atoms with E-state index in [1.165, 1.54) is 18.2 Å². The minimum atomic E-state index is -1.11. The maximum absolute atomic E-state index is 12.4. The van der Waals surface area contributed by atoms with Crippen molar-refractivity contribution in [3.8, 4) is 22.5 Å². The lowest BCUT2D eigenvalue weighted by Crippen LogP contribution is -2.22. The van der Waals surface area contributed by atoms with E-state index >= 15 is 0 Å². The second kappa shape index (κ2) is 10.6. The van der Waals surface area contributed by atoms with Crippen LogP contribution < -0.4 is 27.5 Å². The first-order chi connectivity index (χ1) is 18.8. The Bertz CT molecular complexity index is 1780. The molecule has 5 rings (SSSR count). The Morgan fingerprint density at radius 3 is 2.33 bits per heavy atom. The number of hydrogen-bond acceptors (Lipinski definition) is 5. The van der Waals surface area contributed by atoms with Crippen molar-refractivity contribution in [3.05, 3.63) is 106 Å². The lowest BCUT2D eigenvalue weighted by molar-refractivity contribution is 0.0698. The summed E-state index contributed by atoms with van der Waals surface area (Å²) in [6.45, 7) is 0.369. The van der Waals surface area contributed by atoms with E-state index < -0.39 is 5.97 Å². The Hall–Kier alpha value is -5.22. The predicted molar refractivity (Wildman–Crippen MR) is 157 cm³/mol. The molecule has 2 aliphatic rings. The Morgan fingerprint density at radius 1 is 0.897 bits per heavy atom. The molecule has 0 fully saturated rings. The number of benzene rings is 4. The Kier molecular flexibility index (Phi) is 6.94. The molecule has 0 radical (unpaired) electrons. The summed E-state index contributed by atoms with van der Waals surface area (Å²) in [4.78, 5) is 28.4. The zero-order chi connectivity index (χ0) is 27.5. The first kappa shape index (κ1) is 25.4. The van der Waals surface area contributed by atoms with E-state index in [0.29, 0.717) is 40.3 Å². The SMILES string of the molecule is NC(N)=NCc1ccc(NC(=S)Nc2ccc(-c3c4ccc(=O)cc-4oc4ccccc34)c(C(=O)O)c2)cc1. The Morgan fingerprint density at radius 2 is 1.59 bits per heavy atom. The number of nitrogens with one attached hydrogen (secondary N) is 2. The van der Waals surface area contributed by atoms with E-state index in [1.54, 1.807) is 24.3 Å². The Labute approximate surface area is 228 Å². The zero-order valence-corrected chi connectivity index (χ0v) is 21.3. The van der Waals surface area contributed by atoms with Gasteiger partial charge in [-0.25, -0.2) is 9.79 Å². The van der Waals surface area contributed by atoms with Crippen molar-refractivity contribution in [2.24, 2.45) is 16.5 Å². The van der Waals surface area contributed by atoms with E-state index in [9.17, 15) is 14.7 Å². The van der Waals surface area contributed by atoms with Gasteiger partial charge in [-0.2, -0.15) is 0 Å². The van der Waals surface area contributed by atoms with Gasteiger partial charge in [0.1, 0.15) is 11.3 Å². The van der Waals surface area contributed by atoms with Crippen molar-refractivity contribution in [1.82, 2.24) is 0 Å². The van der Waals surface area contributed by atoms with Crippen LogP contribution in [0, 0.1) is 0 Å². The number of hydrogen-bond donors (Lipinski definition) is 5. The molecule has 3 aromatic rings. The predicted octanol–water partition coefficient (Wildman–Crippen LogP) is 4.85. The highest BCUT2D eigenvalue weighted by Crippen LogP contribution is 2.41. The van der Waals surface area contributed by atoms with Crippen molar-refractivity contribution in [1.29, 1.82) is 0 Å². The summed E-state index contributed by atoms with van der Waals surface area (Å²) in [5.74, 6) is -0.707. The highest BCUT2D eigenvalue weighted by molar-refractivity contribution is 7.80. The summed E-state index contributed by atoms with van der Waals surface area (Å²) in [5.41, 5.74) is 15.1. The quantitative estimate of drug-likeness (QED) is 0.0884. The first-order valence-electron chi connectivity index (χ1n) is 11.8. The molecular formula is C29H23N5O4S. The van der Waals surface area contributed by atoms with Crippen molar-refractivity contribution < 1.29 is 14.3 Å². The number of anilines is 2. The van der Waals surface area contributed by atoms with Gasteiger partial charge in [-0.1, -0.05) is 36.4 Å². The summed E-state index contributed by atoms with van der Waals surface area (Å²) in [7, 11) is 0. The van der Waals surface area contributed by atoms with E-state index in [0.717, 1.165) is 16.6 Å². The molecule has 0 spiro atoms. The van der Waals surface area contributed by atoms with Gasteiger partial charge in [0.2, 0.25) is 0 Å². The third-order valence-corrected chi connectivity index (χ3v) is 6.24. The average Bonchev–Trinajstić information content (AvgIpc) is 2.91. The number of carbonyl (C=O) groups is 1. The number of carboxylic acids is 1. The molecule has 0 amide bonds. The maximum atomic E-state index is 12.4. The highest BCUT2D eigenvalue weighted by Gasteiger charge is 2.22. The summed E-state index contributed by atoms with van der Waals surface area (Å²) in [6.07, 6.45) is 0. The van der Waals surface area contributed by atoms with Gasteiger partial charge in [0.05, 0.1) is 12.1 Å². The van der Waals surface area contributed by atoms with E-state index in [2.05, 4.69) is 15.6 Å². The summed E-state index contributed by atoms with van der Waals surface area (Å²) in [6, 6.07) is 24.2.